The number of benzene rings is 1. The van der Waals surface area contributed by atoms with E-state index in [0.717, 1.165) is 0 Å². The first-order chi connectivity index (χ1) is 7.58. The fourth-order valence-electron chi connectivity index (χ4n) is 1.32. The van der Waals surface area contributed by atoms with Crippen LogP contribution < -0.4 is 5.73 Å². The molecule has 0 aliphatic carbocycles. The summed E-state index contributed by atoms with van der Waals surface area (Å²) in [7, 11) is 0. The minimum Gasteiger partial charge on any atom is -0.364 e. The molecular formula is C10H9ClN4O. The summed E-state index contributed by atoms with van der Waals surface area (Å²) in [5.41, 5.74) is 6.50. The van der Waals surface area contributed by atoms with Gasteiger partial charge in [-0.15, -0.1) is 5.10 Å². The maximum atomic E-state index is 11.0. The average Bonchev–Trinajstić information content (AvgIpc) is 2.60. The molecule has 1 aromatic heterocycles. The van der Waals surface area contributed by atoms with Crippen LogP contribution in [0.3, 0.4) is 0 Å². The lowest BCUT2D eigenvalue weighted by Gasteiger charge is -1.98. The Bertz CT molecular complexity index is 550. The molecule has 6 heteroatoms. The van der Waals surface area contributed by atoms with Gasteiger partial charge in [-0.2, -0.15) is 9.90 Å². The standard InChI is InChI=1S/C10H9ClN4O/c1-6-9(10(12)16)14-15(13-6)8-4-2-3-7(11)5-8/h2-5H,1H3,(H2,12,16). The molecule has 0 radical (unpaired) electrons. The van der Waals surface area contributed by atoms with Gasteiger partial charge in [0.05, 0.1) is 11.4 Å². The summed E-state index contributed by atoms with van der Waals surface area (Å²) in [6.45, 7) is 1.67. The lowest BCUT2D eigenvalue weighted by atomic mass is 10.3. The molecule has 1 amide bonds. The van der Waals surface area contributed by atoms with Gasteiger partial charge in [0, 0.05) is 5.02 Å². The molecule has 0 aliphatic rings. The van der Waals surface area contributed by atoms with Gasteiger partial charge in [0.1, 0.15) is 0 Å². The van der Waals surface area contributed by atoms with Gasteiger partial charge >= 0.3 is 0 Å². The zero-order valence-corrected chi connectivity index (χ0v) is 9.27. The zero-order chi connectivity index (χ0) is 11.7. The Balaban J connectivity index is 2.49. The number of amides is 1. The minimum absolute atomic E-state index is 0.167. The first kappa shape index (κ1) is 10.6. The molecule has 1 heterocycles. The summed E-state index contributed by atoms with van der Waals surface area (Å²) in [6.07, 6.45) is 0. The van der Waals surface area contributed by atoms with Crippen molar-refractivity contribution in [2.75, 3.05) is 0 Å². The lowest BCUT2D eigenvalue weighted by molar-refractivity contribution is 0.0994. The van der Waals surface area contributed by atoms with Crippen LogP contribution in [0.5, 0.6) is 0 Å². The third-order valence-electron chi connectivity index (χ3n) is 2.05. The Hall–Kier alpha value is -1.88. The van der Waals surface area contributed by atoms with Crippen LogP contribution in [-0.4, -0.2) is 20.9 Å². The molecule has 5 nitrogen and oxygen atoms in total. The van der Waals surface area contributed by atoms with E-state index in [0.29, 0.717) is 16.4 Å². The van der Waals surface area contributed by atoms with E-state index < -0.39 is 5.91 Å². The van der Waals surface area contributed by atoms with E-state index in [1.165, 1.54) is 4.80 Å². The molecular weight excluding hydrogens is 228 g/mol. The van der Waals surface area contributed by atoms with Gasteiger partial charge in [0.2, 0.25) is 0 Å². The van der Waals surface area contributed by atoms with Crippen molar-refractivity contribution in [2.24, 2.45) is 5.73 Å². The highest BCUT2D eigenvalue weighted by Gasteiger charge is 2.12. The van der Waals surface area contributed by atoms with Crippen LogP contribution in [0.4, 0.5) is 0 Å². The molecule has 16 heavy (non-hydrogen) atoms. The molecule has 2 aromatic rings. The molecule has 0 unspecified atom stereocenters. The molecule has 82 valence electrons. The van der Waals surface area contributed by atoms with E-state index in [4.69, 9.17) is 17.3 Å². The largest absolute Gasteiger partial charge is 0.364 e. The minimum atomic E-state index is -0.592. The topological polar surface area (TPSA) is 73.8 Å². The van der Waals surface area contributed by atoms with E-state index in [9.17, 15) is 4.79 Å². The van der Waals surface area contributed by atoms with E-state index in [-0.39, 0.29) is 5.69 Å². The third kappa shape index (κ3) is 1.90. The highest BCUT2D eigenvalue weighted by atomic mass is 35.5. The van der Waals surface area contributed by atoms with Crippen LogP contribution in [0.2, 0.25) is 5.02 Å². The Labute approximate surface area is 96.8 Å². The SMILES string of the molecule is Cc1nn(-c2cccc(Cl)c2)nc1C(N)=O. The number of primary amides is 1. The first-order valence-electron chi connectivity index (χ1n) is 4.57. The molecule has 2 rings (SSSR count). The fraction of sp³-hybridized carbons (Fsp3) is 0.100. The van der Waals surface area contributed by atoms with Crippen molar-refractivity contribution in [3.8, 4) is 5.69 Å². The monoisotopic (exact) mass is 236 g/mol. The second kappa shape index (κ2) is 3.94. The number of nitrogens with two attached hydrogens (primary N) is 1. The van der Waals surface area contributed by atoms with Gasteiger partial charge in [0.15, 0.2) is 5.69 Å². The van der Waals surface area contributed by atoms with Crippen molar-refractivity contribution >= 4 is 17.5 Å². The summed E-state index contributed by atoms with van der Waals surface area (Å²) in [4.78, 5) is 12.3. The number of aryl methyl sites for hydroxylation is 1. The molecule has 0 saturated heterocycles. The second-order valence-electron chi connectivity index (χ2n) is 3.27. The molecule has 0 atom stereocenters. The van der Waals surface area contributed by atoms with Gasteiger partial charge in [0.25, 0.3) is 5.91 Å². The molecule has 0 bridgehead atoms. The second-order valence-corrected chi connectivity index (χ2v) is 3.70. The van der Waals surface area contributed by atoms with E-state index in [2.05, 4.69) is 10.2 Å². The van der Waals surface area contributed by atoms with Crippen LogP contribution in [0, 0.1) is 6.92 Å². The number of halogens is 1. The number of rotatable bonds is 2. The maximum absolute atomic E-state index is 11.0. The Kier molecular flexibility index (Phi) is 2.62. The number of hydrogen-bond donors (Lipinski definition) is 1. The summed E-state index contributed by atoms with van der Waals surface area (Å²) in [6, 6.07) is 7.01. The van der Waals surface area contributed by atoms with E-state index in [1.54, 1.807) is 31.2 Å². The van der Waals surface area contributed by atoms with Crippen LogP contribution in [-0.2, 0) is 0 Å². The molecule has 1 aromatic carbocycles. The Morgan fingerprint density at radius 1 is 1.44 bits per heavy atom. The van der Waals surface area contributed by atoms with E-state index in [1.807, 2.05) is 0 Å². The van der Waals surface area contributed by atoms with Crippen molar-refractivity contribution in [1.82, 2.24) is 15.0 Å². The van der Waals surface area contributed by atoms with E-state index >= 15 is 0 Å². The number of nitrogens with zero attached hydrogens (tertiary/aromatic N) is 3. The number of hydrogen-bond acceptors (Lipinski definition) is 3. The normalized spacial score (nSPS) is 10.4. The number of carbonyl (C=O) groups excluding carboxylic acids is 1. The van der Waals surface area contributed by atoms with Crippen molar-refractivity contribution < 1.29 is 4.79 Å². The predicted molar refractivity (Wildman–Crippen MR) is 59.6 cm³/mol. The van der Waals surface area contributed by atoms with Crippen molar-refractivity contribution in [2.45, 2.75) is 6.92 Å². The Morgan fingerprint density at radius 2 is 2.19 bits per heavy atom. The van der Waals surface area contributed by atoms with Gasteiger partial charge in [-0.1, -0.05) is 17.7 Å². The summed E-state index contributed by atoms with van der Waals surface area (Å²) in [5.74, 6) is -0.592. The zero-order valence-electron chi connectivity index (χ0n) is 8.51. The average molecular weight is 237 g/mol. The summed E-state index contributed by atoms with van der Waals surface area (Å²) >= 11 is 5.84. The molecule has 2 N–H and O–H groups in total. The molecule has 0 fully saturated rings. The lowest BCUT2D eigenvalue weighted by Crippen LogP contribution is -2.13. The smallest absolute Gasteiger partial charge is 0.271 e. The Morgan fingerprint density at radius 3 is 2.75 bits per heavy atom. The van der Waals surface area contributed by atoms with Crippen molar-refractivity contribution in [3.05, 3.63) is 40.7 Å². The van der Waals surface area contributed by atoms with Crippen LogP contribution in [0.15, 0.2) is 24.3 Å². The fourth-order valence-corrected chi connectivity index (χ4v) is 1.51. The van der Waals surface area contributed by atoms with Gasteiger partial charge in [-0.05, 0) is 25.1 Å². The summed E-state index contributed by atoms with van der Waals surface area (Å²) < 4.78 is 0. The molecule has 0 saturated carbocycles. The predicted octanol–water partition coefficient (Wildman–Crippen LogP) is 1.33. The van der Waals surface area contributed by atoms with Crippen molar-refractivity contribution in [1.29, 1.82) is 0 Å². The van der Waals surface area contributed by atoms with Gasteiger partial charge in [-0.25, -0.2) is 0 Å². The summed E-state index contributed by atoms with van der Waals surface area (Å²) in [5, 5.41) is 8.66. The first-order valence-corrected chi connectivity index (χ1v) is 4.95. The van der Waals surface area contributed by atoms with Crippen LogP contribution >= 0.6 is 11.6 Å². The molecule has 0 spiro atoms. The maximum Gasteiger partial charge on any atom is 0.271 e. The van der Waals surface area contributed by atoms with Gasteiger partial charge in [-0.3, -0.25) is 4.79 Å². The van der Waals surface area contributed by atoms with Crippen LogP contribution in [0.25, 0.3) is 5.69 Å². The number of carbonyl (C=O) groups is 1. The highest BCUT2D eigenvalue weighted by molar-refractivity contribution is 6.30. The molecule has 0 aliphatic heterocycles. The third-order valence-corrected chi connectivity index (χ3v) is 2.29. The van der Waals surface area contributed by atoms with Crippen LogP contribution in [0.1, 0.15) is 16.2 Å². The van der Waals surface area contributed by atoms with Crippen molar-refractivity contribution in [3.63, 3.8) is 0 Å². The number of aromatic nitrogens is 3. The quantitative estimate of drug-likeness (QED) is 0.855. The van der Waals surface area contributed by atoms with Gasteiger partial charge < -0.3 is 5.73 Å². The highest BCUT2D eigenvalue weighted by Crippen LogP contribution is 2.14.